The third-order valence-corrected chi connectivity index (χ3v) is 2.04. The van der Waals surface area contributed by atoms with E-state index in [4.69, 9.17) is 0 Å². The van der Waals surface area contributed by atoms with E-state index in [-0.39, 0.29) is 16.8 Å². The van der Waals surface area contributed by atoms with Gasteiger partial charge in [-0.2, -0.15) is 0 Å². The average Bonchev–Trinajstić information content (AvgIpc) is 1.99. The first-order valence-corrected chi connectivity index (χ1v) is 3.98. The van der Waals surface area contributed by atoms with Crippen molar-refractivity contribution in [3.8, 4) is 5.75 Å². The number of phenolic OH excluding ortho intramolecular Hbond substituents is 1. The van der Waals surface area contributed by atoms with E-state index in [1.54, 1.807) is 0 Å². The maximum Gasteiger partial charge on any atom is 0.320 e. The minimum absolute atomic E-state index is 0.137. The summed E-state index contributed by atoms with van der Waals surface area (Å²) in [5, 5.41) is 30.5. The van der Waals surface area contributed by atoms with Crippen LogP contribution in [0.25, 0.3) is 0 Å². The number of hydrogen-bond acceptors (Lipinski definition) is 5. The molecule has 0 bridgehead atoms. The Morgan fingerprint density at radius 1 is 1.13 bits per heavy atom. The van der Waals surface area contributed by atoms with Crippen LogP contribution in [0.5, 0.6) is 5.75 Å². The third-order valence-electron chi connectivity index (χ3n) is 2.04. The van der Waals surface area contributed by atoms with Gasteiger partial charge in [0.1, 0.15) is 5.56 Å². The van der Waals surface area contributed by atoms with E-state index in [1.807, 2.05) is 0 Å². The summed E-state index contributed by atoms with van der Waals surface area (Å²) in [5.74, 6) is -0.555. The highest BCUT2D eigenvalue weighted by molar-refractivity contribution is 5.64. The lowest BCUT2D eigenvalue weighted by atomic mass is 10.1. The van der Waals surface area contributed by atoms with Crippen molar-refractivity contribution in [2.45, 2.75) is 13.8 Å². The van der Waals surface area contributed by atoms with Crippen molar-refractivity contribution in [3.05, 3.63) is 37.4 Å². The van der Waals surface area contributed by atoms with Crippen LogP contribution in [0.15, 0.2) is 6.07 Å². The summed E-state index contributed by atoms with van der Waals surface area (Å²) < 4.78 is 0. The highest BCUT2D eigenvalue weighted by atomic mass is 16.6. The second kappa shape index (κ2) is 3.52. The summed E-state index contributed by atoms with van der Waals surface area (Å²) in [6.45, 7) is 2.65. The van der Waals surface area contributed by atoms with Gasteiger partial charge in [-0.3, -0.25) is 20.2 Å². The molecule has 0 spiro atoms. The molecule has 0 aliphatic carbocycles. The Kier molecular flexibility index (Phi) is 2.56. The molecule has 0 amide bonds. The number of aryl methyl sites for hydroxylation is 1. The van der Waals surface area contributed by atoms with Gasteiger partial charge in [0, 0.05) is 5.56 Å². The molecule has 1 aromatic rings. The zero-order valence-electron chi connectivity index (χ0n) is 8.05. The highest BCUT2D eigenvalue weighted by Gasteiger charge is 2.28. The molecule has 0 aliphatic rings. The molecule has 0 unspecified atom stereocenters. The largest absolute Gasteiger partial charge is 0.502 e. The van der Waals surface area contributed by atoms with Crippen molar-refractivity contribution >= 4 is 11.4 Å². The molecule has 15 heavy (non-hydrogen) atoms. The van der Waals surface area contributed by atoms with Gasteiger partial charge in [0.25, 0.3) is 5.69 Å². The molecular formula is C8H8N2O5. The zero-order chi connectivity index (χ0) is 11.7. The SMILES string of the molecule is Cc1cc(O)c([N+](=O)[O-])c(C)c1[N+](=O)[O-]. The lowest BCUT2D eigenvalue weighted by molar-refractivity contribution is -0.396. The van der Waals surface area contributed by atoms with E-state index in [0.29, 0.717) is 0 Å². The van der Waals surface area contributed by atoms with Gasteiger partial charge in [-0.25, -0.2) is 0 Å². The smallest absolute Gasteiger partial charge is 0.320 e. The van der Waals surface area contributed by atoms with Gasteiger partial charge < -0.3 is 5.11 Å². The van der Waals surface area contributed by atoms with Crippen molar-refractivity contribution in [1.82, 2.24) is 0 Å². The fourth-order valence-electron chi connectivity index (χ4n) is 1.45. The van der Waals surface area contributed by atoms with Crippen LogP contribution >= 0.6 is 0 Å². The van der Waals surface area contributed by atoms with Gasteiger partial charge >= 0.3 is 5.69 Å². The number of phenols is 1. The molecule has 0 radical (unpaired) electrons. The van der Waals surface area contributed by atoms with Crippen LogP contribution in [0.1, 0.15) is 11.1 Å². The van der Waals surface area contributed by atoms with Gasteiger partial charge in [-0.05, 0) is 19.9 Å². The fourth-order valence-corrected chi connectivity index (χ4v) is 1.45. The zero-order valence-corrected chi connectivity index (χ0v) is 8.05. The Hall–Kier alpha value is -2.18. The van der Waals surface area contributed by atoms with Crippen LogP contribution in [-0.4, -0.2) is 15.0 Å². The maximum atomic E-state index is 10.6. The van der Waals surface area contributed by atoms with E-state index < -0.39 is 21.3 Å². The molecule has 0 aromatic heterocycles. The van der Waals surface area contributed by atoms with Crippen molar-refractivity contribution < 1.29 is 15.0 Å². The number of nitro benzene ring substituents is 2. The lowest BCUT2D eigenvalue weighted by Gasteiger charge is -2.03. The summed E-state index contributed by atoms with van der Waals surface area (Å²) in [6.07, 6.45) is 0. The van der Waals surface area contributed by atoms with E-state index in [9.17, 15) is 25.3 Å². The van der Waals surface area contributed by atoms with Crippen LogP contribution in [0, 0.1) is 34.1 Å². The first-order valence-electron chi connectivity index (χ1n) is 3.98. The number of hydrogen-bond donors (Lipinski definition) is 1. The molecule has 0 fully saturated rings. The quantitative estimate of drug-likeness (QED) is 0.594. The van der Waals surface area contributed by atoms with E-state index in [2.05, 4.69) is 0 Å². The van der Waals surface area contributed by atoms with Crippen molar-refractivity contribution in [1.29, 1.82) is 0 Å². The van der Waals surface area contributed by atoms with Crippen molar-refractivity contribution in [3.63, 3.8) is 0 Å². The maximum absolute atomic E-state index is 10.6. The first-order chi connectivity index (χ1) is 6.86. The molecule has 1 rings (SSSR count). The number of nitro groups is 2. The number of aromatic hydroxyl groups is 1. The van der Waals surface area contributed by atoms with E-state index >= 15 is 0 Å². The van der Waals surface area contributed by atoms with Crippen LogP contribution in [-0.2, 0) is 0 Å². The normalized spacial score (nSPS) is 10.0. The lowest BCUT2D eigenvalue weighted by Crippen LogP contribution is -2.00. The van der Waals surface area contributed by atoms with Gasteiger partial charge in [0.15, 0.2) is 5.75 Å². The van der Waals surface area contributed by atoms with Gasteiger partial charge in [-0.1, -0.05) is 0 Å². The van der Waals surface area contributed by atoms with Gasteiger partial charge in [0.2, 0.25) is 0 Å². The first kappa shape index (κ1) is 10.9. The van der Waals surface area contributed by atoms with E-state index in [1.165, 1.54) is 13.8 Å². The summed E-state index contributed by atoms with van der Waals surface area (Å²) in [6, 6.07) is 1.02. The number of rotatable bonds is 2. The Morgan fingerprint density at radius 2 is 1.60 bits per heavy atom. The monoisotopic (exact) mass is 212 g/mol. The molecule has 1 N–H and O–H groups in total. The van der Waals surface area contributed by atoms with Crippen molar-refractivity contribution in [2.24, 2.45) is 0 Å². The Morgan fingerprint density at radius 3 is 2.00 bits per heavy atom. The number of benzene rings is 1. The van der Waals surface area contributed by atoms with Crippen LogP contribution < -0.4 is 0 Å². The third kappa shape index (κ3) is 1.71. The standard InChI is InChI=1S/C8H8N2O5/c1-4-3-6(11)8(10(14)15)5(2)7(4)9(12)13/h3,11H,1-2H3. The van der Waals surface area contributed by atoms with Gasteiger partial charge in [0.05, 0.1) is 9.85 Å². The highest BCUT2D eigenvalue weighted by Crippen LogP contribution is 2.37. The van der Waals surface area contributed by atoms with E-state index in [0.717, 1.165) is 6.07 Å². The van der Waals surface area contributed by atoms with Gasteiger partial charge in [-0.15, -0.1) is 0 Å². The molecule has 7 heteroatoms. The fraction of sp³-hybridized carbons (Fsp3) is 0.250. The minimum Gasteiger partial charge on any atom is -0.502 e. The summed E-state index contributed by atoms with van der Waals surface area (Å²) in [5.41, 5.74) is -0.894. The second-order valence-corrected chi connectivity index (χ2v) is 3.05. The predicted molar refractivity (Wildman–Crippen MR) is 50.9 cm³/mol. The predicted octanol–water partition coefficient (Wildman–Crippen LogP) is 1.83. The summed E-state index contributed by atoms with van der Waals surface area (Å²) >= 11 is 0. The van der Waals surface area contributed by atoms with Crippen LogP contribution in [0.4, 0.5) is 11.4 Å². The molecule has 1 aromatic carbocycles. The molecule has 80 valence electrons. The van der Waals surface area contributed by atoms with Crippen molar-refractivity contribution in [2.75, 3.05) is 0 Å². The number of nitrogens with zero attached hydrogens (tertiary/aromatic N) is 2. The average molecular weight is 212 g/mol. The Labute approximate surface area is 84.3 Å². The summed E-state index contributed by atoms with van der Waals surface area (Å²) in [7, 11) is 0. The molecule has 0 aliphatic heterocycles. The molecule has 0 saturated heterocycles. The van der Waals surface area contributed by atoms with Crippen LogP contribution in [0.3, 0.4) is 0 Å². The minimum atomic E-state index is -0.836. The molecule has 0 atom stereocenters. The molecular weight excluding hydrogens is 204 g/mol. The topological polar surface area (TPSA) is 107 Å². The van der Waals surface area contributed by atoms with Crippen LogP contribution in [0.2, 0.25) is 0 Å². The summed E-state index contributed by atoms with van der Waals surface area (Å²) in [4.78, 5) is 19.6. The second-order valence-electron chi connectivity index (χ2n) is 3.05. The molecule has 0 heterocycles. The Balaban J connectivity index is 3.64. The molecule has 7 nitrogen and oxygen atoms in total. The Bertz CT molecular complexity index is 417. The molecule has 0 saturated carbocycles.